The Labute approximate surface area is 157 Å². The summed E-state index contributed by atoms with van der Waals surface area (Å²) in [5, 5.41) is 0. The first kappa shape index (κ1) is 18.3. The van der Waals surface area contributed by atoms with Gasteiger partial charge in [-0.3, -0.25) is 0 Å². The number of aromatic nitrogens is 2. The third kappa shape index (κ3) is 3.84. The summed E-state index contributed by atoms with van der Waals surface area (Å²) in [5.74, 6) is 1.45. The topological polar surface area (TPSA) is 73.4 Å². The molecular formula is C21H20N2O4. The Morgan fingerprint density at radius 3 is 2.74 bits per heavy atom. The van der Waals surface area contributed by atoms with E-state index in [4.69, 9.17) is 14.2 Å². The van der Waals surface area contributed by atoms with Crippen LogP contribution in [0.5, 0.6) is 11.5 Å². The quantitative estimate of drug-likeness (QED) is 0.505. The fraction of sp³-hybridized carbons (Fsp3) is 0.143. The summed E-state index contributed by atoms with van der Waals surface area (Å²) in [6, 6.07) is 11.0. The lowest BCUT2D eigenvalue weighted by atomic mass is 10.1. The molecule has 0 atom stereocenters. The van der Waals surface area contributed by atoms with E-state index in [1.54, 1.807) is 25.3 Å². The van der Waals surface area contributed by atoms with Crippen molar-refractivity contribution < 1.29 is 19.0 Å². The van der Waals surface area contributed by atoms with Crippen LogP contribution < -0.4 is 9.47 Å². The van der Waals surface area contributed by atoms with Crippen molar-refractivity contribution in [2.75, 3.05) is 20.8 Å². The highest BCUT2D eigenvalue weighted by Crippen LogP contribution is 2.32. The van der Waals surface area contributed by atoms with Crippen LogP contribution in [0.1, 0.15) is 21.7 Å². The molecule has 0 saturated heterocycles. The monoisotopic (exact) mass is 364 g/mol. The van der Waals surface area contributed by atoms with Crippen molar-refractivity contribution in [3.8, 4) is 11.5 Å². The van der Waals surface area contributed by atoms with E-state index in [9.17, 15) is 4.79 Å². The maximum atomic E-state index is 11.9. The van der Waals surface area contributed by atoms with Gasteiger partial charge >= 0.3 is 5.97 Å². The van der Waals surface area contributed by atoms with E-state index in [1.807, 2.05) is 36.4 Å². The van der Waals surface area contributed by atoms with Crippen LogP contribution in [0.4, 0.5) is 0 Å². The number of hydrogen-bond acceptors (Lipinski definition) is 5. The van der Waals surface area contributed by atoms with Crippen LogP contribution >= 0.6 is 0 Å². The number of esters is 1. The lowest BCUT2D eigenvalue weighted by Crippen LogP contribution is -2.01. The van der Waals surface area contributed by atoms with Gasteiger partial charge in [0.2, 0.25) is 0 Å². The van der Waals surface area contributed by atoms with Crippen LogP contribution in [0.3, 0.4) is 0 Å². The molecule has 0 fully saturated rings. The second-order valence-electron chi connectivity index (χ2n) is 5.63. The minimum Gasteiger partial charge on any atom is -0.493 e. The number of hydrogen-bond donors (Lipinski definition) is 1. The van der Waals surface area contributed by atoms with Crippen molar-refractivity contribution in [1.29, 1.82) is 0 Å². The Morgan fingerprint density at radius 1 is 1.19 bits per heavy atom. The molecule has 0 amide bonds. The van der Waals surface area contributed by atoms with E-state index in [0.717, 1.165) is 11.1 Å². The van der Waals surface area contributed by atoms with E-state index in [-0.39, 0.29) is 0 Å². The predicted octanol–water partition coefficient (Wildman–Crippen LogP) is 4.09. The predicted molar refractivity (Wildman–Crippen MR) is 105 cm³/mol. The van der Waals surface area contributed by atoms with Crippen LogP contribution in [0, 0.1) is 0 Å². The second kappa shape index (κ2) is 8.23. The minimum absolute atomic E-state index is 0.369. The Bertz CT molecular complexity index is 1000. The van der Waals surface area contributed by atoms with E-state index < -0.39 is 5.97 Å². The van der Waals surface area contributed by atoms with Crippen molar-refractivity contribution in [3.05, 3.63) is 66.0 Å². The summed E-state index contributed by atoms with van der Waals surface area (Å²) in [4.78, 5) is 19.6. The zero-order valence-electron chi connectivity index (χ0n) is 15.2. The van der Waals surface area contributed by atoms with Gasteiger partial charge < -0.3 is 19.2 Å². The number of imidazole rings is 1. The Morgan fingerprint density at radius 2 is 2.00 bits per heavy atom. The van der Waals surface area contributed by atoms with Gasteiger partial charge in [-0.25, -0.2) is 9.78 Å². The van der Waals surface area contributed by atoms with E-state index >= 15 is 0 Å². The van der Waals surface area contributed by atoms with Gasteiger partial charge in [-0.05, 0) is 30.4 Å². The summed E-state index contributed by atoms with van der Waals surface area (Å²) in [5.41, 5.74) is 2.58. The van der Waals surface area contributed by atoms with E-state index in [1.165, 1.54) is 7.11 Å². The summed E-state index contributed by atoms with van der Waals surface area (Å²) >= 11 is 0. The van der Waals surface area contributed by atoms with Gasteiger partial charge in [0.15, 0.2) is 11.5 Å². The SMILES string of the molecule is C=CCOc1c(/C=C/c2nc3c(C(=O)OC)cccc3[nH]2)cccc1OC. The number of carbonyl (C=O) groups is 1. The lowest BCUT2D eigenvalue weighted by molar-refractivity contribution is 0.0603. The molecule has 27 heavy (non-hydrogen) atoms. The highest BCUT2D eigenvalue weighted by Gasteiger charge is 2.13. The maximum Gasteiger partial charge on any atom is 0.340 e. The zero-order valence-corrected chi connectivity index (χ0v) is 15.2. The lowest BCUT2D eigenvalue weighted by Gasteiger charge is -2.11. The molecule has 138 valence electrons. The Balaban J connectivity index is 1.97. The number of ether oxygens (including phenoxy) is 3. The number of rotatable bonds is 7. The third-order valence-corrected chi connectivity index (χ3v) is 3.93. The average molecular weight is 364 g/mol. The molecule has 1 heterocycles. The zero-order chi connectivity index (χ0) is 19.2. The van der Waals surface area contributed by atoms with Crippen molar-refractivity contribution in [3.63, 3.8) is 0 Å². The molecular weight excluding hydrogens is 344 g/mol. The summed E-state index contributed by atoms with van der Waals surface area (Å²) in [6.45, 7) is 4.04. The first-order chi connectivity index (χ1) is 13.2. The van der Waals surface area contributed by atoms with Crippen molar-refractivity contribution in [2.45, 2.75) is 0 Å². The molecule has 6 heteroatoms. The smallest absolute Gasteiger partial charge is 0.340 e. The molecule has 3 rings (SSSR count). The van der Waals surface area contributed by atoms with Gasteiger partial charge in [-0.2, -0.15) is 0 Å². The van der Waals surface area contributed by atoms with Crippen LogP contribution in [-0.2, 0) is 4.74 Å². The molecule has 0 spiro atoms. The number of benzene rings is 2. The van der Waals surface area contributed by atoms with Gasteiger partial charge in [0.05, 0.1) is 25.3 Å². The third-order valence-electron chi connectivity index (χ3n) is 3.93. The molecule has 0 unspecified atom stereocenters. The number of methoxy groups -OCH3 is 2. The largest absolute Gasteiger partial charge is 0.493 e. The molecule has 0 saturated carbocycles. The number of nitrogens with zero attached hydrogens (tertiary/aromatic N) is 1. The molecule has 0 aliphatic rings. The van der Waals surface area contributed by atoms with E-state index in [2.05, 4.69) is 16.5 Å². The number of para-hydroxylation sites is 2. The Kier molecular flexibility index (Phi) is 5.56. The number of H-pyrrole nitrogens is 1. The first-order valence-electron chi connectivity index (χ1n) is 8.33. The fourth-order valence-corrected chi connectivity index (χ4v) is 2.70. The molecule has 0 bridgehead atoms. The molecule has 0 aliphatic heterocycles. The molecule has 2 aromatic carbocycles. The standard InChI is InChI=1S/C21H20N2O4/c1-4-13-27-20-14(7-5-10-17(20)25-2)11-12-18-22-16-9-6-8-15(19(16)23-18)21(24)26-3/h4-12H,1,13H2,2-3H3,(H,22,23)/b12-11+. The van der Waals surface area contributed by atoms with Gasteiger partial charge in [0.25, 0.3) is 0 Å². The van der Waals surface area contributed by atoms with Crippen LogP contribution in [0.15, 0.2) is 49.1 Å². The molecule has 0 aliphatic carbocycles. The number of aromatic amines is 1. The van der Waals surface area contributed by atoms with Gasteiger partial charge in [0.1, 0.15) is 17.9 Å². The highest BCUT2D eigenvalue weighted by molar-refractivity contribution is 6.02. The van der Waals surface area contributed by atoms with Gasteiger partial charge in [-0.1, -0.05) is 30.9 Å². The van der Waals surface area contributed by atoms with Gasteiger partial charge in [-0.15, -0.1) is 0 Å². The number of carbonyl (C=O) groups excluding carboxylic acids is 1. The molecule has 3 aromatic rings. The second-order valence-corrected chi connectivity index (χ2v) is 5.63. The number of fused-ring (bicyclic) bond motifs is 1. The van der Waals surface area contributed by atoms with Gasteiger partial charge in [0, 0.05) is 5.56 Å². The molecule has 6 nitrogen and oxygen atoms in total. The van der Waals surface area contributed by atoms with Crippen molar-refractivity contribution in [2.24, 2.45) is 0 Å². The molecule has 1 N–H and O–H groups in total. The maximum absolute atomic E-state index is 11.9. The fourth-order valence-electron chi connectivity index (χ4n) is 2.70. The van der Waals surface area contributed by atoms with Crippen LogP contribution in [0.25, 0.3) is 23.2 Å². The summed E-state index contributed by atoms with van der Waals surface area (Å²) in [7, 11) is 2.94. The first-order valence-corrected chi connectivity index (χ1v) is 8.33. The average Bonchev–Trinajstić information content (AvgIpc) is 3.13. The van der Waals surface area contributed by atoms with Crippen molar-refractivity contribution >= 4 is 29.2 Å². The molecule has 1 aromatic heterocycles. The molecule has 0 radical (unpaired) electrons. The van der Waals surface area contributed by atoms with Crippen LogP contribution in [0.2, 0.25) is 0 Å². The van der Waals surface area contributed by atoms with E-state index in [0.29, 0.717) is 35.0 Å². The normalized spacial score (nSPS) is 10.9. The number of nitrogens with one attached hydrogen (secondary N) is 1. The van der Waals surface area contributed by atoms with Crippen molar-refractivity contribution in [1.82, 2.24) is 9.97 Å². The summed E-state index contributed by atoms with van der Waals surface area (Å²) in [6.07, 6.45) is 5.36. The Hall–Kier alpha value is -3.54. The minimum atomic E-state index is -0.421. The highest BCUT2D eigenvalue weighted by atomic mass is 16.5. The summed E-state index contributed by atoms with van der Waals surface area (Å²) < 4.78 is 15.9. The van der Waals surface area contributed by atoms with Crippen LogP contribution in [-0.4, -0.2) is 36.8 Å².